The highest BCUT2D eigenvalue weighted by molar-refractivity contribution is 5.83. The van der Waals surface area contributed by atoms with Gasteiger partial charge in [-0.05, 0) is 34.5 Å². The molecule has 0 saturated carbocycles. The fourth-order valence-corrected chi connectivity index (χ4v) is 3.83. The molecule has 0 aliphatic carbocycles. The summed E-state index contributed by atoms with van der Waals surface area (Å²) in [6.07, 6.45) is -0.465. The van der Waals surface area contributed by atoms with E-state index >= 15 is 0 Å². The van der Waals surface area contributed by atoms with Crippen molar-refractivity contribution in [2.45, 2.75) is 6.10 Å². The molecule has 3 aromatic rings. The average molecular weight is 362 g/mol. The van der Waals surface area contributed by atoms with E-state index in [9.17, 15) is 5.11 Å². The minimum Gasteiger partial charge on any atom is -0.495 e. The Kier molecular flexibility index (Phi) is 5.28. The molecule has 1 heterocycles. The summed E-state index contributed by atoms with van der Waals surface area (Å²) in [6, 6.07) is 22.7. The molecule has 1 saturated heterocycles. The molecule has 4 nitrogen and oxygen atoms in total. The van der Waals surface area contributed by atoms with Crippen LogP contribution in [0.2, 0.25) is 0 Å². The highest BCUT2D eigenvalue weighted by Gasteiger charge is 2.21. The topological polar surface area (TPSA) is 35.9 Å². The third-order valence-electron chi connectivity index (χ3n) is 5.39. The van der Waals surface area contributed by atoms with Gasteiger partial charge in [-0.25, -0.2) is 0 Å². The van der Waals surface area contributed by atoms with Gasteiger partial charge < -0.3 is 14.7 Å². The first kappa shape index (κ1) is 17.8. The van der Waals surface area contributed by atoms with E-state index in [0.29, 0.717) is 6.54 Å². The van der Waals surface area contributed by atoms with Crippen molar-refractivity contribution >= 4 is 16.5 Å². The maximum Gasteiger partial charge on any atom is 0.142 e. The van der Waals surface area contributed by atoms with Crippen molar-refractivity contribution in [1.29, 1.82) is 0 Å². The summed E-state index contributed by atoms with van der Waals surface area (Å²) < 4.78 is 5.49. The number of para-hydroxylation sites is 2. The highest BCUT2D eigenvalue weighted by Crippen LogP contribution is 2.29. The van der Waals surface area contributed by atoms with Gasteiger partial charge in [-0.1, -0.05) is 48.5 Å². The fourth-order valence-electron chi connectivity index (χ4n) is 3.83. The van der Waals surface area contributed by atoms with Crippen LogP contribution in [0.1, 0.15) is 11.7 Å². The zero-order chi connectivity index (χ0) is 18.6. The van der Waals surface area contributed by atoms with Gasteiger partial charge in [0, 0.05) is 32.7 Å². The molecule has 4 rings (SSSR count). The van der Waals surface area contributed by atoms with Gasteiger partial charge in [-0.2, -0.15) is 0 Å². The first-order valence-electron chi connectivity index (χ1n) is 9.51. The van der Waals surface area contributed by atoms with E-state index in [0.717, 1.165) is 43.2 Å². The Morgan fingerprint density at radius 1 is 0.889 bits per heavy atom. The lowest BCUT2D eigenvalue weighted by molar-refractivity contribution is 0.109. The molecule has 1 aliphatic rings. The average Bonchev–Trinajstić information content (AvgIpc) is 2.74. The molecule has 1 unspecified atom stereocenters. The summed E-state index contributed by atoms with van der Waals surface area (Å²) in [5.74, 6) is 0.919. The number of β-amino-alcohol motifs (C(OH)–C–C–N with tert-alkyl or cyclic N) is 1. The number of methoxy groups -OCH3 is 1. The van der Waals surface area contributed by atoms with Crippen LogP contribution in [-0.4, -0.2) is 49.8 Å². The van der Waals surface area contributed by atoms with Gasteiger partial charge in [-0.15, -0.1) is 0 Å². The van der Waals surface area contributed by atoms with Crippen molar-refractivity contribution in [2.24, 2.45) is 0 Å². The van der Waals surface area contributed by atoms with E-state index < -0.39 is 6.10 Å². The van der Waals surface area contributed by atoms with E-state index in [4.69, 9.17) is 4.74 Å². The van der Waals surface area contributed by atoms with Gasteiger partial charge in [0.25, 0.3) is 0 Å². The number of aliphatic hydroxyl groups is 1. The van der Waals surface area contributed by atoms with Crippen LogP contribution in [0, 0.1) is 0 Å². The summed E-state index contributed by atoms with van der Waals surface area (Å²) in [6.45, 7) is 4.40. The first-order valence-corrected chi connectivity index (χ1v) is 9.51. The molecule has 0 spiro atoms. The van der Waals surface area contributed by atoms with Gasteiger partial charge in [0.05, 0.1) is 18.9 Å². The van der Waals surface area contributed by atoms with Crippen molar-refractivity contribution in [2.75, 3.05) is 44.7 Å². The molecule has 0 aromatic heterocycles. The van der Waals surface area contributed by atoms with Gasteiger partial charge in [0.1, 0.15) is 5.75 Å². The van der Waals surface area contributed by atoms with E-state index in [-0.39, 0.29) is 0 Å². The molecule has 1 atom stereocenters. The molecular weight excluding hydrogens is 336 g/mol. The van der Waals surface area contributed by atoms with Crippen LogP contribution < -0.4 is 9.64 Å². The third-order valence-corrected chi connectivity index (χ3v) is 5.39. The third kappa shape index (κ3) is 3.92. The molecule has 0 bridgehead atoms. The number of aliphatic hydroxyl groups excluding tert-OH is 1. The van der Waals surface area contributed by atoms with E-state index in [1.807, 2.05) is 36.4 Å². The van der Waals surface area contributed by atoms with Crippen LogP contribution in [0.15, 0.2) is 66.7 Å². The molecule has 1 N–H and O–H groups in total. The Bertz CT molecular complexity index is 904. The lowest BCUT2D eigenvalue weighted by atomic mass is 10.0. The van der Waals surface area contributed by atoms with Crippen LogP contribution in [0.4, 0.5) is 5.69 Å². The number of hydrogen-bond donors (Lipinski definition) is 1. The predicted molar refractivity (Wildman–Crippen MR) is 111 cm³/mol. The number of fused-ring (bicyclic) bond motifs is 1. The zero-order valence-electron chi connectivity index (χ0n) is 15.7. The number of nitrogens with zero attached hydrogens (tertiary/aromatic N) is 2. The lowest BCUT2D eigenvalue weighted by Gasteiger charge is -2.37. The molecule has 0 amide bonds. The van der Waals surface area contributed by atoms with Crippen LogP contribution in [0.25, 0.3) is 10.8 Å². The van der Waals surface area contributed by atoms with Crippen molar-refractivity contribution < 1.29 is 9.84 Å². The highest BCUT2D eigenvalue weighted by atomic mass is 16.5. The standard InChI is InChI=1S/C23H26N2O2/c1-27-23-9-5-4-8-21(23)25-14-12-24(13-15-25)17-22(26)20-11-10-18-6-2-3-7-19(18)16-20/h2-11,16,22,26H,12-15,17H2,1H3. The normalized spacial score (nSPS) is 16.4. The van der Waals surface area contributed by atoms with Crippen LogP contribution in [0.5, 0.6) is 5.75 Å². The molecule has 1 aliphatic heterocycles. The molecule has 3 aromatic carbocycles. The number of ether oxygens (including phenoxy) is 1. The summed E-state index contributed by atoms with van der Waals surface area (Å²) in [5.41, 5.74) is 2.13. The monoisotopic (exact) mass is 362 g/mol. The molecule has 4 heteroatoms. The summed E-state index contributed by atoms with van der Waals surface area (Å²) in [5, 5.41) is 13.1. The SMILES string of the molecule is COc1ccccc1N1CCN(CC(O)c2ccc3ccccc3c2)CC1. The van der Waals surface area contributed by atoms with Crippen LogP contribution in [0.3, 0.4) is 0 Å². The number of anilines is 1. The Morgan fingerprint density at radius 3 is 2.37 bits per heavy atom. The molecule has 1 fully saturated rings. The second kappa shape index (κ2) is 7.99. The second-order valence-corrected chi connectivity index (χ2v) is 7.08. The Morgan fingerprint density at radius 2 is 1.59 bits per heavy atom. The smallest absolute Gasteiger partial charge is 0.142 e. The van der Waals surface area contributed by atoms with Gasteiger partial charge >= 0.3 is 0 Å². The minimum absolute atomic E-state index is 0.465. The predicted octanol–water partition coefficient (Wildman–Crippen LogP) is 3.70. The fraction of sp³-hybridized carbons (Fsp3) is 0.304. The largest absolute Gasteiger partial charge is 0.495 e. The number of rotatable bonds is 5. The van der Waals surface area contributed by atoms with E-state index in [2.05, 4.69) is 40.1 Å². The Hall–Kier alpha value is -2.56. The molecule has 27 heavy (non-hydrogen) atoms. The molecular formula is C23H26N2O2. The lowest BCUT2D eigenvalue weighted by Crippen LogP contribution is -2.47. The van der Waals surface area contributed by atoms with Gasteiger partial charge in [-0.3, -0.25) is 4.90 Å². The molecule has 0 radical (unpaired) electrons. The van der Waals surface area contributed by atoms with Crippen LogP contribution >= 0.6 is 0 Å². The zero-order valence-corrected chi connectivity index (χ0v) is 15.7. The number of benzene rings is 3. The van der Waals surface area contributed by atoms with Crippen LogP contribution in [-0.2, 0) is 0 Å². The first-order chi connectivity index (χ1) is 13.2. The van der Waals surface area contributed by atoms with Crippen molar-refractivity contribution in [3.8, 4) is 5.75 Å². The van der Waals surface area contributed by atoms with Crippen molar-refractivity contribution in [3.05, 3.63) is 72.3 Å². The number of hydrogen-bond acceptors (Lipinski definition) is 4. The van der Waals surface area contributed by atoms with Gasteiger partial charge in [0.15, 0.2) is 0 Å². The van der Waals surface area contributed by atoms with E-state index in [1.54, 1.807) is 7.11 Å². The minimum atomic E-state index is -0.465. The second-order valence-electron chi connectivity index (χ2n) is 7.08. The maximum absolute atomic E-state index is 10.7. The number of piperazine rings is 1. The van der Waals surface area contributed by atoms with E-state index in [1.165, 1.54) is 10.8 Å². The quantitative estimate of drug-likeness (QED) is 0.751. The maximum atomic E-state index is 10.7. The van der Waals surface area contributed by atoms with Gasteiger partial charge in [0.2, 0.25) is 0 Å². The van der Waals surface area contributed by atoms with Crippen molar-refractivity contribution in [3.63, 3.8) is 0 Å². The summed E-state index contributed by atoms with van der Waals surface area (Å²) >= 11 is 0. The molecule has 140 valence electrons. The Labute approximate surface area is 160 Å². The van der Waals surface area contributed by atoms with Crippen molar-refractivity contribution in [1.82, 2.24) is 4.90 Å². The summed E-state index contributed by atoms with van der Waals surface area (Å²) in [4.78, 5) is 4.70. The Balaban J connectivity index is 1.38. The summed E-state index contributed by atoms with van der Waals surface area (Å²) in [7, 11) is 1.72.